The van der Waals surface area contributed by atoms with Crippen LogP contribution in [-0.4, -0.2) is 29.7 Å². The Hall–Kier alpha value is -1.49. The van der Waals surface area contributed by atoms with E-state index in [1.54, 1.807) is 16.8 Å². The third-order valence-corrected chi connectivity index (χ3v) is 3.28. The van der Waals surface area contributed by atoms with E-state index >= 15 is 0 Å². The first-order chi connectivity index (χ1) is 8.66. The fourth-order valence-corrected chi connectivity index (χ4v) is 2.29. The van der Waals surface area contributed by atoms with Crippen LogP contribution in [0.3, 0.4) is 0 Å². The maximum absolute atomic E-state index is 11.9. The molecule has 1 amide bonds. The smallest absolute Gasteiger partial charge is 0.267 e. The summed E-state index contributed by atoms with van der Waals surface area (Å²) >= 11 is 0. The van der Waals surface area contributed by atoms with Crippen molar-refractivity contribution < 1.29 is 9.53 Å². The molecule has 1 aromatic heterocycles. The number of anilines is 1. The summed E-state index contributed by atoms with van der Waals surface area (Å²) in [5.74, 6) is -0.0787. The first-order valence-electron chi connectivity index (χ1n) is 6.48. The van der Waals surface area contributed by atoms with Crippen molar-refractivity contribution in [3.05, 3.63) is 18.0 Å². The highest BCUT2D eigenvalue weighted by atomic mass is 16.5. The lowest BCUT2D eigenvalue weighted by atomic mass is 10.1. The number of nitrogens with two attached hydrogens (primary N) is 1. The molecule has 1 aromatic rings. The summed E-state index contributed by atoms with van der Waals surface area (Å²) in [5.41, 5.74) is 6.85. The van der Waals surface area contributed by atoms with Crippen molar-refractivity contribution in [3.8, 4) is 0 Å². The van der Waals surface area contributed by atoms with Gasteiger partial charge in [-0.3, -0.25) is 4.79 Å². The number of aromatic nitrogens is 1. The van der Waals surface area contributed by atoms with Crippen molar-refractivity contribution in [2.45, 2.75) is 31.8 Å². The van der Waals surface area contributed by atoms with Gasteiger partial charge in [-0.2, -0.15) is 0 Å². The van der Waals surface area contributed by atoms with Crippen LogP contribution in [0.5, 0.6) is 0 Å². The molecular weight excluding hydrogens is 230 g/mol. The molecule has 1 unspecified atom stereocenters. The van der Waals surface area contributed by atoms with Gasteiger partial charge in [0.25, 0.3) is 5.91 Å². The van der Waals surface area contributed by atoms with Crippen molar-refractivity contribution in [1.82, 2.24) is 9.88 Å². The SMILES string of the molecule is Cn1cc(N)cc1C(=O)NCCC1CCCCO1. The topological polar surface area (TPSA) is 69.3 Å². The second-order valence-electron chi connectivity index (χ2n) is 4.80. The molecule has 0 spiro atoms. The molecule has 0 bridgehead atoms. The second kappa shape index (κ2) is 5.91. The molecule has 3 N–H and O–H groups in total. The van der Waals surface area contributed by atoms with Crippen LogP contribution in [-0.2, 0) is 11.8 Å². The zero-order valence-corrected chi connectivity index (χ0v) is 10.8. The molecule has 100 valence electrons. The molecule has 5 heteroatoms. The van der Waals surface area contributed by atoms with Crippen molar-refractivity contribution in [2.24, 2.45) is 7.05 Å². The average molecular weight is 251 g/mol. The number of ether oxygens (including phenoxy) is 1. The van der Waals surface area contributed by atoms with E-state index < -0.39 is 0 Å². The van der Waals surface area contributed by atoms with E-state index in [0.29, 0.717) is 24.0 Å². The number of nitrogens with zero attached hydrogens (tertiary/aromatic N) is 1. The van der Waals surface area contributed by atoms with Crippen molar-refractivity contribution in [3.63, 3.8) is 0 Å². The second-order valence-corrected chi connectivity index (χ2v) is 4.80. The lowest BCUT2D eigenvalue weighted by Crippen LogP contribution is -2.30. The largest absolute Gasteiger partial charge is 0.397 e. The number of carbonyl (C=O) groups excluding carboxylic acids is 1. The molecule has 1 atom stereocenters. The molecule has 1 aliphatic rings. The van der Waals surface area contributed by atoms with Gasteiger partial charge < -0.3 is 20.4 Å². The number of hydrogen-bond donors (Lipinski definition) is 2. The van der Waals surface area contributed by atoms with Crippen LogP contribution in [0.25, 0.3) is 0 Å². The number of aryl methyl sites for hydroxylation is 1. The van der Waals surface area contributed by atoms with E-state index in [0.717, 1.165) is 25.9 Å². The van der Waals surface area contributed by atoms with Crippen LogP contribution in [0, 0.1) is 0 Å². The van der Waals surface area contributed by atoms with Crippen LogP contribution in [0.2, 0.25) is 0 Å². The lowest BCUT2D eigenvalue weighted by Gasteiger charge is -2.22. The van der Waals surface area contributed by atoms with Crippen LogP contribution in [0.1, 0.15) is 36.2 Å². The highest BCUT2D eigenvalue weighted by Gasteiger charge is 2.15. The number of amides is 1. The van der Waals surface area contributed by atoms with Crippen LogP contribution >= 0.6 is 0 Å². The van der Waals surface area contributed by atoms with Crippen LogP contribution in [0.4, 0.5) is 5.69 Å². The zero-order chi connectivity index (χ0) is 13.0. The Morgan fingerprint density at radius 3 is 3.06 bits per heavy atom. The predicted octanol–water partition coefficient (Wildman–Crippen LogP) is 1.30. The number of carbonyl (C=O) groups is 1. The van der Waals surface area contributed by atoms with Crippen molar-refractivity contribution in [2.75, 3.05) is 18.9 Å². The maximum Gasteiger partial charge on any atom is 0.267 e. The molecule has 2 heterocycles. The zero-order valence-electron chi connectivity index (χ0n) is 10.8. The summed E-state index contributed by atoms with van der Waals surface area (Å²) in [4.78, 5) is 11.9. The van der Waals surface area contributed by atoms with Gasteiger partial charge in [-0.15, -0.1) is 0 Å². The summed E-state index contributed by atoms with van der Waals surface area (Å²) in [6.45, 7) is 1.50. The predicted molar refractivity (Wildman–Crippen MR) is 70.4 cm³/mol. The molecule has 5 nitrogen and oxygen atoms in total. The van der Waals surface area contributed by atoms with E-state index in [1.807, 2.05) is 7.05 Å². The monoisotopic (exact) mass is 251 g/mol. The summed E-state index contributed by atoms with van der Waals surface area (Å²) < 4.78 is 7.35. The summed E-state index contributed by atoms with van der Waals surface area (Å²) in [6.07, 6.45) is 6.41. The fourth-order valence-electron chi connectivity index (χ4n) is 2.29. The number of hydrogen-bond acceptors (Lipinski definition) is 3. The van der Waals surface area contributed by atoms with Gasteiger partial charge in [-0.25, -0.2) is 0 Å². The van der Waals surface area contributed by atoms with Crippen LogP contribution < -0.4 is 11.1 Å². The summed E-state index contributed by atoms with van der Waals surface area (Å²) in [7, 11) is 1.81. The fraction of sp³-hybridized carbons (Fsp3) is 0.615. The average Bonchev–Trinajstić information content (AvgIpc) is 2.70. The molecule has 1 aliphatic heterocycles. The highest BCUT2D eigenvalue weighted by molar-refractivity contribution is 5.93. The summed E-state index contributed by atoms with van der Waals surface area (Å²) in [6, 6.07) is 1.69. The first kappa shape index (κ1) is 13.0. The van der Waals surface area contributed by atoms with Gasteiger partial charge in [0.2, 0.25) is 0 Å². The Labute approximate surface area is 107 Å². The number of nitrogens with one attached hydrogen (secondary N) is 1. The Morgan fingerprint density at radius 2 is 2.44 bits per heavy atom. The third-order valence-electron chi connectivity index (χ3n) is 3.28. The summed E-state index contributed by atoms with van der Waals surface area (Å²) in [5, 5.41) is 2.91. The lowest BCUT2D eigenvalue weighted by molar-refractivity contribution is 0.0117. The van der Waals surface area contributed by atoms with Crippen LogP contribution in [0.15, 0.2) is 12.3 Å². The van der Waals surface area contributed by atoms with Gasteiger partial charge in [-0.1, -0.05) is 0 Å². The van der Waals surface area contributed by atoms with Gasteiger partial charge in [0, 0.05) is 26.4 Å². The van der Waals surface area contributed by atoms with E-state index in [-0.39, 0.29) is 5.91 Å². The maximum atomic E-state index is 11.9. The minimum atomic E-state index is -0.0787. The molecule has 1 saturated heterocycles. The van der Waals surface area contributed by atoms with E-state index in [1.165, 1.54) is 6.42 Å². The van der Waals surface area contributed by atoms with Gasteiger partial charge in [0.05, 0.1) is 11.8 Å². The Bertz CT molecular complexity index is 408. The van der Waals surface area contributed by atoms with E-state index in [2.05, 4.69) is 5.32 Å². The van der Waals surface area contributed by atoms with Crippen molar-refractivity contribution >= 4 is 11.6 Å². The normalized spacial score (nSPS) is 19.7. The molecule has 18 heavy (non-hydrogen) atoms. The molecular formula is C13H21N3O2. The van der Waals surface area contributed by atoms with Gasteiger partial charge in [0.1, 0.15) is 5.69 Å². The number of nitrogen functional groups attached to an aromatic ring is 1. The van der Waals surface area contributed by atoms with Gasteiger partial charge in [0.15, 0.2) is 0 Å². The molecule has 0 aliphatic carbocycles. The molecule has 0 aromatic carbocycles. The van der Waals surface area contributed by atoms with E-state index in [4.69, 9.17) is 10.5 Å². The minimum Gasteiger partial charge on any atom is -0.397 e. The third kappa shape index (κ3) is 3.26. The highest BCUT2D eigenvalue weighted by Crippen LogP contribution is 2.15. The van der Waals surface area contributed by atoms with E-state index in [9.17, 15) is 4.79 Å². The quantitative estimate of drug-likeness (QED) is 0.847. The molecule has 0 radical (unpaired) electrons. The molecule has 2 rings (SSSR count). The molecule has 1 fully saturated rings. The van der Waals surface area contributed by atoms with Gasteiger partial charge in [-0.05, 0) is 31.7 Å². The minimum absolute atomic E-state index is 0.0787. The van der Waals surface area contributed by atoms with Crippen molar-refractivity contribution in [1.29, 1.82) is 0 Å². The Balaban J connectivity index is 1.76. The number of rotatable bonds is 4. The molecule has 0 saturated carbocycles. The van der Waals surface area contributed by atoms with Gasteiger partial charge >= 0.3 is 0 Å². The standard InChI is InChI=1S/C13H21N3O2/c1-16-9-10(14)8-12(16)13(17)15-6-5-11-4-2-3-7-18-11/h8-9,11H,2-7,14H2,1H3,(H,15,17). The Morgan fingerprint density at radius 1 is 1.61 bits per heavy atom. The Kier molecular flexibility index (Phi) is 4.25. The first-order valence-corrected chi connectivity index (χ1v) is 6.48.